The molecule has 5 heterocycles. The molecule has 50 heavy (non-hydrogen) atoms. The minimum Gasteiger partial charge on any atom is -0.544 e. The molecule has 3 saturated heterocycles. The number of ether oxygens (including phenoxy) is 3. The molecular formula is C36H37Cl2N3O8S. The maximum absolute atomic E-state index is 14.0. The standard InChI is InChI=1S/C36H37Cl2N3O8S/c1-47-31-8-7-22(13-32(31)48-2)25(15-27-28(37)17-40(46)18-29(27)38)26-14-24(50-34(26)35(43)44)16-41(30-6-4-3-5-23(30)20-42)36(45)49-33-19-39-11-9-21(33)10-12-39/h3-8,13-14,17-18,21,25,33,42H,9-12,15-16,19-20H2,1-2H3,(H-,43,44,46)/t25-,33-/m0/s1. The van der Waals surface area contributed by atoms with Crippen molar-refractivity contribution in [3.8, 4) is 11.5 Å². The van der Waals surface area contributed by atoms with Crippen LogP contribution in [0.25, 0.3) is 0 Å². The molecule has 2 N–H and O–H groups in total. The van der Waals surface area contributed by atoms with E-state index in [0.29, 0.717) is 50.9 Å². The van der Waals surface area contributed by atoms with Crippen molar-refractivity contribution in [1.29, 1.82) is 0 Å². The monoisotopic (exact) mass is 741 g/mol. The highest BCUT2D eigenvalue weighted by atomic mass is 35.5. The fourth-order valence-electron chi connectivity index (χ4n) is 6.92. The zero-order valence-electron chi connectivity index (χ0n) is 27.5. The molecule has 3 aliphatic rings. The number of aliphatic hydroxyl groups is 1. The SMILES string of the molecule is COc1ccc([C@H](Cc2c(Cl)c[n+](O)cc2Cl)c2cc(CN(C(=O)O[C@H]3CN4CCC3CC4)c3ccccc3CO)sc2C(=O)[O-])cc1OC. The number of carbonyl (C=O) groups excluding carboxylic acids is 2. The minimum atomic E-state index is -1.39. The summed E-state index contributed by atoms with van der Waals surface area (Å²) in [4.78, 5) is 31.0. The number of thiophene rings is 1. The van der Waals surface area contributed by atoms with Gasteiger partial charge in [0.15, 0.2) is 11.5 Å². The Balaban J connectivity index is 1.42. The maximum atomic E-state index is 14.0. The highest BCUT2D eigenvalue weighted by Crippen LogP contribution is 2.41. The van der Waals surface area contributed by atoms with E-state index in [-0.39, 0.29) is 46.5 Å². The van der Waals surface area contributed by atoms with E-state index < -0.39 is 18.0 Å². The number of aromatic nitrogens is 1. The van der Waals surface area contributed by atoms with Crippen LogP contribution in [-0.2, 0) is 24.3 Å². The maximum Gasteiger partial charge on any atom is 0.414 e. The summed E-state index contributed by atoms with van der Waals surface area (Å²) in [7, 11) is 3.02. The van der Waals surface area contributed by atoms with Crippen LogP contribution in [0.4, 0.5) is 10.5 Å². The molecule has 2 atom stereocenters. The molecule has 0 radical (unpaired) electrons. The summed E-state index contributed by atoms with van der Waals surface area (Å²) in [6.45, 7) is 2.30. The molecule has 2 bridgehead atoms. The van der Waals surface area contributed by atoms with Gasteiger partial charge in [0, 0.05) is 33.2 Å². The molecular weight excluding hydrogens is 705 g/mol. The van der Waals surface area contributed by atoms with Crippen molar-refractivity contribution in [2.75, 3.05) is 38.8 Å². The van der Waals surface area contributed by atoms with Crippen LogP contribution < -0.4 is 24.2 Å². The van der Waals surface area contributed by atoms with Crippen molar-refractivity contribution >= 4 is 52.3 Å². The number of hydrogen-bond acceptors (Lipinski definition) is 10. The molecule has 2 aromatic carbocycles. The van der Waals surface area contributed by atoms with Gasteiger partial charge in [-0.15, -0.1) is 11.3 Å². The Morgan fingerprint density at radius 3 is 2.38 bits per heavy atom. The number of nitrogens with zero attached hydrogens (tertiary/aromatic N) is 3. The van der Waals surface area contributed by atoms with Crippen molar-refractivity contribution < 1.29 is 44.0 Å². The third-order valence-electron chi connectivity index (χ3n) is 9.49. The lowest BCUT2D eigenvalue weighted by molar-refractivity contribution is -0.904. The summed E-state index contributed by atoms with van der Waals surface area (Å²) in [6.07, 6.45) is 3.81. The average molecular weight is 743 g/mol. The van der Waals surface area contributed by atoms with Gasteiger partial charge < -0.3 is 29.2 Å². The van der Waals surface area contributed by atoms with Gasteiger partial charge in [0.25, 0.3) is 0 Å². The molecule has 0 aliphatic carbocycles. The highest BCUT2D eigenvalue weighted by Gasteiger charge is 2.38. The molecule has 0 saturated carbocycles. The number of amides is 1. The third-order valence-corrected chi connectivity index (χ3v) is 11.3. The van der Waals surface area contributed by atoms with E-state index in [2.05, 4.69) is 4.90 Å². The number of benzene rings is 2. The van der Waals surface area contributed by atoms with Crippen LogP contribution in [0.2, 0.25) is 10.0 Å². The van der Waals surface area contributed by atoms with Crippen LogP contribution in [0.1, 0.15) is 55.6 Å². The molecule has 11 nitrogen and oxygen atoms in total. The van der Waals surface area contributed by atoms with E-state index in [9.17, 15) is 25.0 Å². The van der Waals surface area contributed by atoms with Gasteiger partial charge in [0.1, 0.15) is 16.1 Å². The van der Waals surface area contributed by atoms with Gasteiger partial charge in [-0.1, -0.05) is 47.5 Å². The van der Waals surface area contributed by atoms with Crippen LogP contribution >= 0.6 is 34.5 Å². The Labute approximate surface area is 303 Å². The number of carboxylic acids is 1. The predicted molar refractivity (Wildman–Crippen MR) is 186 cm³/mol. The summed E-state index contributed by atoms with van der Waals surface area (Å²) in [5.41, 5.74) is 2.55. The first-order valence-electron chi connectivity index (χ1n) is 16.1. The molecule has 264 valence electrons. The van der Waals surface area contributed by atoms with Crippen molar-refractivity contribution in [1.82, 2.24) is 4.90 Å². The molecule has 7 rings (SSSR count). The number of para-hydroxylation sites is 1. The summed E-state index contributed by atoms with van der Waals surface area (Å²) in [5, 5.41) is 33.3. The summed E-state index contributed by atoms with van der Waals surface area (Å²) < 4.78 is 17.9. The van der Waals surface area contributed by atoms with E-state index in [1.54, 1.807) is 48.5 Å². The zero-order valence-corrected chi connectivity index (χ0v) is 29.8. The fourth-order valence-corrected chi connectivity index (χ4v) is 8.57. The van der Waals surface area contributed by atoms with Gasteiger partial charge in [-0.25, -0.2) is 4.79 Å². The van der Waals surface area contributed by atoms with Crippen LogP contribution in [-0.4, -0.2) is 67.2 Å². The zero-order chi connectivity index (χ0) is 35.5. The number of methoxy groups -OCH3 is 2. The number of carboxylic acid groups (broad SMARTS) is 1. The first-order chi connectivity index (χ1) is 24.1. The van der Waals surface area contributed by atoms with Crippen molar-refractivity contribution in [2.24, 2.45) is 5.92 Å². The normalized spacial score (nSPS) is 18.8. The minimum absolute atomic E-state index is 0.0299. The largest absolute Gasteiger partial charge is 0.544 e. The van der Waals surface area contributed by atoms with E-state index in [4.69, 9.17) is 37.4 Å². The van der Waals surface area contributed by atoms with Gasteiger partial charge in [-0.3, -0.25) is 15.0 Å². The lowest BCUT2D eigenvalue weighted by Crippen LogP contribution is -2.53. The van der Waals surface area contributed by atoms with Gasteiger partial charge in [0.05, 0.1) is 43.9 Å². The van der Waals surface area contributed by atoms with Gasteiger partial charge in [-0.2, -0.15) is 0 Å². The molecule has 0 unspecified atom stereocenters. The second kappa shape index (κ2) is 15.4. The molecule has 3 fully saturated rings. The van der Waals surface area contributed by atoms with Crippen LogP contribution in [0.3, 0.4) is 0 Å². The third kappa shape index (κ3) is 7.50. The van der Waals surface area contributed by atoms with E-state index >= 15 is 0 Å². The van der Waals surface area contributed by atoms with E-state index in [0.717, 1.165) is 42.0 Å². The van der Waals surface area contributed by atoms with Crippen LogP contribution in [0.15, 0.2) is 60.9 Å². The lowest BCUT2D eigenvalue weighted by atomic mass is 9.85. The summed E-state index contributed by atoms with van der Waals surface area (Å²) in [5.74, 6) is -0.846. The number of halogens is 2. The molecule has 2 aromatic heterocycles. The molecule has 4 aromatic rings. The number of hydrogen-bond donors (Lipinski definition) is 2. The predicted octanol–water partition coefficient (Wildman–Crippen LogP) is 5.06. The molecule has 14 heteroatoms. The van der Waals surface area contributed by atoms with Crippen molar-refractivity contribution in [3.63, 3.8) is 0 Å². The van der Waals surface area contributed by atoms with Gasteiger partial charge in [-0.05, 0) is 73.7 Å². The molecule has 1 amide bonds. The average Bonchev–Trinajstić information content (AvgIpc) is 3.54. The second-order valence-corrected chi connectivity index (χ2v) is 14.4. The number of rotatable bonds is 12. The Bertz CT molecular complexity index is 1860. The number of aliphatic hydroxyl groups excluding tert-OH is 1. The van der Waals surface area contributed by atoms with Crippen LogP contribution in [0.5, 0.6) is 11.5 Å². The molecule has 0 spiro atoms. The number of pyridine rings is 1. The number of piperidine rings is 3. The number of carbonyl (C=O) groups is 2. The smallest absolute Gasteiger partial charge is 0.414 e. The Hall–Kier alpha value is -4.07. The van der Waals surface area contributed by atoms with E-state index in [1.165, 1.54) is 31.5 Å². The topological polar surface area (TPSA) is 136 Å². The summed E-state index contributed by atoms with van der Waals surface area (Å²) >= 11 is 14.1. The highest BCUT2D eigenvalue weighted by molar-refractivity contribution is 7.14. The van der Waals surface area contributed by atoms with Crippen molar-refractivity contribution in [2.45, 2.75) is 44.4 Å². The fraction of sp³-hybridized carbons (Fsp3) is 0.361. The number of anilines is 1. The number of fused-ring (bicyclic) bond motifs is 3. The summed E-state index contributed by atoms with van der Waals surface area (Å²) in [6, 6.07) is 14.0. The van der Waals surface area contributed by atoms with Crippen molar-refractivity contribution in [3.05, 3.63) is 103 Å². The van der Waals surface area contributed by atoms with E-state index in [1.807, 2.05) is 0 Å². The van der Waals surface area contributed by atoms with Crippen LogP contribution in [0, 0.1) is 5.92 Å². The van der Waals surface area contributed by atoms with Gasteiger partial charge in [0.2, 0.25) is 12.4 Å². The quantitative estimate of drug-likeness (QED) is 0.151. The van der Waals surface area contributed by atoms with Gasteiger partial charge >= 0.3 is 6.09 Å². The number of aromatic carboxylic acids is 1. The Morgan fingerprint density at radius 2 is 1.76 bits per heavy atom. The first-order valence-corrected chi connectivity index (χ1v) is 17.7. The first kappa shape index (κ1) is 35.7. The Morgan fingerprint density at radius 1 is 1.06 bits per heavy atom. The second-order valence-electron chi connectivity index (χ2n) is 12.4. The lowest BCUT2D eigenvalue weighted by Gasteiger charge is -2.44. The Kier molecular flexibility index (Phi) is 11.0. The molecule has 3 aliphatic heterocycles.